The second-order valence-electron chi connectivity index (χ2n) is 2.42. The van der Waals surface area contributed by atoms with Gasteiger partial charge < -0.3 is 20.5 Å². The van der Waals surface area contributed by atoms with Crippen LogP contribution < -0.4 is 5.73 Å². The largest absolute Gasteiger partial charge is 0.582 e. The molecule has 0 amide bonds. The SMILES string of the molecule is NC(CCCC(=O)O)C(=O)O.[O-][S+](Cl)Cl. The fraction of sp³-hybridized carbons (Fsp3) is 0.667. The van der Waals surface area contributed by atoms with Gasteiger partial charge in [-0.2, -0.15) is 0 Å². The van der Waals surface area contributed by atoms with Gasteiger partial charge in [0, 0.05) is 6.42 Å². The maximum atomic E-state index is 10.1. The van der Waals surface area contributed by atoms with E-state index in [1.807, 2.05) is 0 Å². The molecule has 0 rings (SSSR count). The molecule has 0 aliphatic carbocycles. The summed E-state index contributed by atoms with van der Waals surface area (Å²) in [6, 6.07) is -0.936. The summed E-state index contributed by atoms with van der Waals surface area (Å²) in [5, 5.41) is 16.5. The minimum atomic E-state index is -1.67. The van der Waals surface area contributed by atoms with E-state index in [1.54, 1.807) is 0 Å². The van der Waals surface area contributed by atoms with Gasteiger partial charge in [-0.3, -0.25) is 9.59 Å². The zero-order valence-electron chi connectivity index (χ0n) is 7.56. The second kappa shape index (κ2) is 10.3. The van der Waals surface area contributed by atoms with Crippen molar-refractivity contribution in [2.75, 3.05) is 0 Å². The maximum Gasteiger partial charge on any atom is 0.320 e. The first-order valence-electron chi connectivity index (χ1n) is 3.71. The Bertz CT molecular complexity index is 201. The number of aliphatic carboxylic acids is 2. The van der Waals surface area contributed by atoms with E-state index < -0.39 is 27.6 Å². The van der Waals surface area contributed by atoms with Gasteiger partial charge in [0.2, 0.25) is 0 Å². The molecule has 4 N–H and O–H groups in total. The van der Waals surface area contributed by atoms with Gasteiger partial charge in [-0.25, -0.2) is 0 Å². The second-order valence-corrected chi connectivity index (χ2v) is 4.94. The Morgan fingerprint density at radius 2 is 1.80 bits per heavy atom. The highest BCUT2D eigenvalue weighted by Crippen LogP contribution is 1.99. The van der Waals surface area contributed by atoms with E-state index in [2.05, 4.69) is 21.4 Å². The third-order valence-electron chi connectivity index (χ3n) is 1.22. The zero-order valence-corrected chi connectivity index (χ0v) is 9.89. The van der Waals surface area contributed by atoms with Crippen LogP contribution in [0.25, 0.3) is 0 Å². The first kappa shape index (κ1) is 17.2. The van der Waals surface area contributed by atoms with Crippen LogP contribution in [0.2, 0.25) is 0 Å². The number of hydrogen-bond donors (Lipinski definition) is 3. The molecule has 1 atom stereocenters. The molecule has 0 aromatic rings. The van der Waals surface area contributed by atoms with Crippen LogP contribution in [0.1, 0.15) is 19.3 Å². The Balaban J connectivity index is 0. The number of hydrogen-bond acceptors (Lipinski definition) is 4. The van der Waals surface area contributed by atoms with Crippen molar-refractivity contribution in [3.8, 4) is 0 Å². The fourth-order valence-corrected chi connectivity index (χ4v) is 0.597. The average molecular weight is 280 g/mol. The molecular weight excluding hydrogens is 269 g/mol. The molecule has 0 saturated heterocycles. The van der Waals surface area contributed by atoms with E-state index in [4.69, 9.17) is 20.5 Å². The van der Waals surface area contributed by atoms with E-state index in [0.29, 0.717) is 6.42 Å². The van der Waals surface area contributed by atoms with Crippen molar-refractivity contribution in [1.29, 1.82) is 0 Å². The summed E-state index contributed by atoms with van der Waals surface area (Å²) in [6.45, 7) is 0. The molecule has 0 saturated carbocycles. The van der Waals surface area contributed by atoms with Crippen LogP contribution in [0, 0.1) is 0 Å². The third-order valence-corrected chi connectivity index (χ3v) is 1.22. The Morgan fingerprint density at radius 1 is 1.40 bits per heavy atom. The van der Waals surface area contributed by atoms with Crippen molar-refractivity contribution in [3.63, 3.8) is 0 Å². The minimum Gasteiger partial charge on any atom is -0.582 e. The molecule has 0 fully saturated rings. The molecule has 0 aliphatic rings. The van der Waals surface area contributed by atoms with Crippen LogP contribution in [0.5, 0.6) is 0 Å². The Hall–Kier alpha value is -0.210. The Labute approximate surface area is 98.5 Å². The van der Waals surface area contributed by atoms with Crippen molar-refractivity contribution in [2.24, 2.45) is 5.73 Å². The number of carboxylic acid groups (broad SMARTS) is 2. The first-order chi connectivity index (χ1) is 6.77. The van der Waals surface area contributed by atoms with Crippen LogP contribution in [0.3, 0.4) is 0 Å². The summed E-state index contributed by atoms with van der Waals surface area (Å²) in [4.78, 5) is 20.1. The van der Waals surface area contributed by atoms with Crippen molar-refractivity contribution in [1.82, 2.24) is 0 Å². The summed E-state index contributed by atoms with van der Waals surface area (Å²) in [5.41, 5.74) is 5.11. The van der Waals surface area contributed by atoms with Crippen LogP contribution in [0.4, 0.5) is 0 Å². The van der Waals surface area contributed by atoms with Crippen LogP contribution in [0.15, 0.2) is 0 Å². The molecular formula is C6H11Cl2NO5S. The lowest BCUT2D eigenvalue weighted by Crippen LogP contribution is -2.29. The van der Waals surface area contributed by atoms with Crippen molar-refractivity contribution >= 4 is 42.9 Å². The van der Waals surface area contributed by atoms with Crippen molar-refractivity contribution < 1.29 is 24.4 Å². The normalized spacial score (nSPS) is 11.5. The van der Waals surface area contributed by atoms with Gasteiger partial charge in [-0.15, -0.1) is 0 Å². The molecule has 0 spiro atoms. The van der Waals surface area contributed by atoms with Crippen LogP contribution >= 0.6 is 21.4 Å². The Morgan fingerprint density at radius 3 is 2.07 bits per heavy atom. The standard InChI is InChI=1S/C6H11NO4.Cl2OS/c7-4(6(10)11)2-1-3-5(8)9;1-4(2)3/h4H,1-3,7H2,(H,8,9)(H,10,11);. The first-order valence-corrected chi connectivity index (χ1v) is 6.52. The summed E-state index contributed by atoms with van der Waals surface area (Å²) in [7, 11) is 7.36. The molecule has 0 heterocycles. The topological polar surface area (TPSA) is 124 Å². The van der Waals surface area contributed by atoms with Crippen LogP contribution in [-0.4, -0.2) is 32.7 Å². The van der Waals surface area contributed by atoms with Gasteiger partial charge in [0.15, 0.2) is 31.0 Å². The minimum absolute atomic E-state index is 0.0268. The molecule has 9 heteroatoms. The molecule has 15 heavy (non-hydrogen) atoms. The van der Waals surface area contributed by atoms with E-state index >= 15 is 0 Å². The zero-order chi connectivity index (χ0) is 12.4. The number of halogens is 2. The fourth-order valence-electron chi connectivity index (χ4n) is 0.597. The van der Waals surface area contributed by atoms with Gasteiger partial charge in [0.1, 0.15) is 6.04 Å². The highest BCUT2D eigenvalue weighted by Gasteiger charge is 2.10. The summed E-state index contributed by atoms with van der Waals surface area (Å²) < 4.78 is 9.09. The molecule has 0 aliphatic heterocycles. The predicted molar refractivity (Wildman–Crippen MR) is 56.9 cm³/mol. The molecule has 6 nitrogen and oxygen atoms in total. The maximum absolute atomic E-state index is 10.1. The number of nitrogens with two attached hydrogens (primary N) is 1. The summed E-state index contributed by atoms with van der Waals surface area (Å²) in [5.74, 6) is -2.02. The summed E-state index contributed by atoms with van der Waals surface area (Å²) in [6.07, 6.45) is 0.491. The van der Waals surface area contributed by atoms with E-state index in [0.717, 1.165) is 0 Å². The van der Waals surface area contributed by atoms with Gasteiger partial charge in [0.25, 0.3) is 0 Å². The molecule has 0 radical (unpaired) electrons. The summed E-state index contributed by atoms with van der Waals surface area (Å²) >= 11 is 0. The van der Waals surface area contributed by atoms with E-state index in [9.17, 15) is 9.59 Å². The third kappa shape index (κ3) is 20.0. The number of carbonyl (C=O) groups is 2. The smallest absolute Gasteiger partial charge is 0.320 e. The lowest BCUT2D eigenvalue weighted by molar-refractivity contribution is -0.140. The number of carboxylic acids is 2. The quantitative estimate of drug-likeness (QED) is 0.637. The van der Waals surface area contributed by atoms with E-state index in [-0.39, 0.29) is 12.8 Å². The van der Waals surface area contributed by atoms with Crippen LogP contribution in [-0.2, 0) is 19.2 Å². The monoisotopic (exact) mass is 279 g/mol. The highest BCUT2D eigenvalue weighted by molar-refractivity contribution is 8.31. The average Bonchev–Trinajstić information content (AvgIpc) is 2.01. The number of rotatable bonds is 5. The Kier molecular flexibility index (Phi) is 11.8. The van der Waals surface area contributed by atoms with Gasteiger partial charge in [-0.1, -0.05) is 0 Å². The molecule has 0 aromatic heterocycles. The van der Waals surface area contributed by atoms with E-state index in [1.165, 1.54) is 0 Å². The van der Waals surface area contributed by atoms with Gasteiger partial charge in [0.05, 0.1) is 0 Å². The highest BCUT2D eigenvalue weighted by atomic mass is 36.0. The lowest BCUT2D eigenvalue weighted by Gasteiger charge is -2.02. The van der Waals surface area contributed by atoms with Crippen molar-refractivity contribution in [2.45, 2.75) is 25.3 Å². The molecule has 0 bridgehead atoms. The molecule has 90 valence electrons. The lowest BCUT2D eigenvalue weighted by atomic mass is 10.1. The van der Waals surface area contributed by atoms with Crippen molar-refractivity contribution in [3.05, 3.63) is 0 Å². The van der Waals surface area contributed by atoms with Gasteiger partial charge >= 0.3 is 11.9 Å². The molecule has 1 unspecified atom stereocenters. The predicted octanol–water partition coefficient (Wildman–Crippen LogP) is 0.696. The van der Waals surface area contributed by atoms with Gasteiger partial charge in [-0.05, 0) is 12.8 Å². The molecule has 0 aromatic carbocycles.